The predicted octanol–water partition coefficient (Wildman–Crippen LogP) is 4.52. The second kappa shape index (κ2) is 6.51. The first-order valence-corrected chi connectivity index (χ1v) is 8.59. The summed E-state index contributed by atoms with van der Waals surface area (Å²) in [6.45, 7) is 10.2. The molecule has 0 bridgehead atoms. The molecule has 1 aromatic carbocycles. The molecule has 2 unspecified atom stereocenters. The van der Waals surface area contributed by atoms with Crippen molar-refractivity contribution in [1.82, 2.24) is 4.72 Å². The molecule has 0 heterocycles. The van der Waals surface area contributed by atoms with Crippen molar-refractivity contribution in [3.63, 3.8) is 0 Å². The maximum absolute atomic E-state index is 12.4. The summed E-state index contributed by atoms with van der Waals surface area (Å²) < 4.78 is 16.5. The standard InChI is InChI=1S/C15H24BrNOS/c1-6-10-15(5,17-19(18)14(2,3)4)12-8-7-9-13(16)11-12/h7-9,11,17H,6,10H2,1-5H3. The van der Waals surface area contributed by atoms with Crippen molar-refractivity contribution in [2.75, 3.05) is 0 Å². The molecule has 1 rings (SSSR count). The molecule has 108 valence electrons. The third-order valence-electron chi connectivity index (χ3n) is 3.09. The van der Waals surface area contributed by atoms with Gasteiger partial charge in [0, 0.05) is 4.47 Å². The van der Waals surface area contributed by atoms with E-state index in [1.165, 1.54) is 5.56 Å². The van der Waals surface area contributed by atoms with Gasteiger partial charge in [0.05, 0.1) is 21.3 Å². The van der Waals surface area contributed by atoms with Crippen LogP contribution in [0.3, 0.4) is 0 Å². The SMILES string of the molecule is CCCC(C)(NS(=O)C(C)(C)C)c1cccc(Br)c1. The Balaban J connectivity index is 3.07. The van der Waals surface area contributed by atoms with Gasteiger partial charge in [0.1, 0.15) is 0 Å². The van der Waals surface area contributed by atoms with Crippen LogP contribution in [-0.2, 0) is 16.5 Å². The highest BCUT2D eigenvalue weighted by molar-refractivity contribution is 9.10. The average Bonchev–Trinajstić information content (AvgIpc) is 2.28. The van der Waals surface area contributed by atoms with Gasteiger partial charge in [0.15, 0.2) is 0 Å². The third-order valence-corrected chi connectivity index (χ3v) is 5.33. The van der Waals surface area contributed by atoms with E-state index < -0.39 is 11.0 Å². The highest BCUT2D eigenvalue weighted by Gasteiger charge is 2.31. The molecular weight excluding hydrogens is 322 g/mol. The van der Waals surface area contributed by atoms with Crippen molar-refractivity contribution < 1.29 is 4.21 Å². The minimum Gasteiger partial charge on any atom is -0.242 e. The molecular formula is C15H24BrNOS. The zero-order valence-corrected chi connectivity index (χ0v) is 14.8. The van der Waals surface area contributed by atoms with Crippen molar-refractivity contribution in [3.8, 4) is 0 Å². The maximum atomic E-state index is 12.4. The molecule has 19 heavy (non-hydrogen) atoms. The van der Waals surface area contributed by atoms with Crippen LogP contribution in [0.2, 0.25) is 0 Å². The minimum atomic E-state index is -1.08. The van der Waals surface area contributed by atoms with Gasteiger partial charge >= 0.3 is 0 Å². The van der Waals surface area contributed by atoms with E-state index in [4.69, 9.17) is 0 Å². The predicted molar refractivity (Wildman–Crippen MR) is 87.4 cm³/mol. The molecule has 1 N–H and O–H groups in total. The number of nitrogens with one attached hydrogen (secondary N) is 1. The monoisotopic (exact) mass is 345 g/mol. The van der Waals surface area contributed by atoms with E-state index in [-0.39, 0.29) is 10.3 Å². The highest BCUT2D eigenvalue weighted by atomic mass is 79.9. The van der Waals surface area contributed by atoms with E-state index in [0.29, 0.717) is 0 Å². The van der Waals surface area contributed by atoms with E-state index in [9.17, 15) is 4.21 Å². The fourth-order valence-electron chi connectivity index (χ4n) is 1.94. The van der Waals surface area contributed by atoms with E-state index in [2.05, 4.69) is 46.6 Å². The Morgan fingerprint density at radius 3 is 2.37 bits per heavy atom. The lowest BCUT2D eigenvalue weighted by atomic mass is 9.89. The molecule has 0 aliphatic rings. The van der Waals surface area contributed by atoms with Gasteiger partial charge in [-0.2, -0.15) is 0 Å². The molecule has 0 aliphatic heterocycles. The summed E-state index contributed by atoms with van der Waals surface area (Å²) in [5, 5.41) is 0. The van der Waals surface area contributed by atoms with Gasteiger partial charge in [-0.15, -0.1) is 0 Å². The third kappa shape index (κ3) is 4.69. The summed E-state index contributed by atoms with van der Waals surface area (Å²) in [5.41, 5.74) is 0.901. The van der Waals surface area contributed by atoms with Crippen LogP contribution < -0.4 is 4.72 Å². The van der Waals surface area contributed by atoms with E-state index in [1.807, 2.05) is 32.9 Å². The van der Waals surface area contributed by atoms with Crippen molar-refractivity contribution >= 4 is 26.9 Å². The molecule has 1 aromatic rings. The van der Waals surface area contributed by atoms with Gasteiger partial charge in [-0.3, -0.25) is 0 Å². The van der Waals surface area contributed by atoms with Crippen LogP contribution in [0.5, 0.6) is 0 Å². The number of hydrogen-bond acceptors (Lipinski definition) is 1. The van der Waals surface area contributed by atoms with Gasteiger partial charge in [0.2, 0.25) is 0 Å². The molecule has 0 saturated heterocycles. The van der Waals surface area contributed by atoms with E-state index >= 15 is 0 Å². The van der Waals surface area contributed by atoms with Crippen LogP contribution in [-0.4, -0.2) is 8.96 Å². The molecule has 0 saturated carbocycles. The first-order valence-electron chi connectivity index (χ1n) is 6.65. The van der Waals surface area contributed by atoms with E-state index in [0.717, 1.165) is 17.3 Å². The summed E-state index contributed by atoms with van der Waals surface area (Å²) in [6, 6.07) is 8.22. The number of rotatable bonds is 5. The molecule has 0 aromatic heterocycles. The van der Waals surface area contributed by atoms with Crippen LogP contribution >= 0.6 is 15.9 Å². The van der Waals surface area contributed by atoms with Gasteiger partial charge in [-0.25, -0.2) is 8.93 Å². The molecule has 2 nitrogen and oxygen atoms in total. The smallest absolute Gasteiger partial charge is 0.0978 e. The maximum Gasteiger partial charge on any atom is 0.0978 e. The summed E-state index contributed by atoms with van der Waals surface area (Å²) >= 11 is 3.51. The topological polar surface area (TPSA) is 29.1 Å². The molecule has 0 aliphatic carbocycles. The van der Waals surface area contributed by atoms with Crippen molar-refractivity contribution in [2.45, 2.75) is 57.7 Å². The van der Waals surface area contributed by atoms with Gasteiger partial charge in [-0.1, -0.05) is 41.4 Å². The zero-order valence-electron chi connectivity index (χ0n) is 12.4. The van der Waals surface area contributed by atoms with Gasteiger partial charge < -0.3 is 0 Å². The number of hydrogen-bond donors (Lipinski definition) is 1. The molecule has 0 amide bonds. The Hall–Kier alpha value is -0.190. The second-order valence-electron chi connectivity index (χ2n) is 6.08. The fraction of sp³-hybridized carbons (Fsp3) is 0.600. The highest BCUT2D eigenvalue weighted by Crippen LogP contribution is 2.30. The van der Waals surface area contributed by atoms with Crippen molar-refractivity contribution in [1.29, 1.82) is 0 Å². The normalized spacial score (nSPS) is 16.9. The Kier molecular flexibility index (Phi) is 5.78. The number of benzene rings is 1. The quantitative estimate of drug-likeness (QED) is 0.835. The molecule has 0 radical (unpaired) electrons. The fourth-order valence-corrected chi connectivity index (χ4v) is 3.28. The van der Waals surface area contributed by atoms with Crippen molar-refractivity contribution in [2.24, 2.45) is 0 Å². The Bertz CT molecular complexity index is 456. The minimum absolute atomic E-state index is 0.263. The molecule has 0 spiro atoms. The first kappa shape index (κ1) is 16.9. The molecule has 0 fully saturated rings. The van der Waals surface area contributed by atoms with Crippen LogP contribution in [0, 0.1) is 0 Å². The Morgan fingerprint density at radius 2 is 1.89 bits per heavy atom. The zero-order chi connectivity index (χ0) is 14.7. The van der Waals surface area contributed by atoms with E-state index in [1.54, 1.807) is 0 Å². The lowest BCUT2D eigenvalue weighted by molar-refractivity contribution is 0.402. The van der Waals surface area contributed by atoms with Gasteiger partial charge in [0.25, 0.3) is 0 Å². The lowest BCUT2D eigenvalue weighted by Gasteiger charge is -2.34. The average molecular weight is 346 g/mol. The van der Waals surface area contributed by atoms with Crippen LogP contribution in [0.4, 0.5) is 0 Å². The first-order chi connectivity index (χ1) is 8.69. The van der Waals surface area contributed by atoms with Crippen LogP contribution in [0.1, 0.15) is 53.0 Å². The largest absolute Gasteiger partial charge is 0.242 e. The molecule has 2 atom stereocenters. The lowest BCUT2D eigenvalue weighted by Crippen LogP contribution is -2.46. The molecule has 4 heteroatoms. The summed E-state index contributed by atoms with van der Waals surface area (Å²) in [6.07, 6.45) is 1.99. The second-order valence-corrected chi connectivity index (χ2v) is 8.96. The Morgan fingerprint density at radius 1 is 1.26 bits per heavy atom. The van der Waals surface area contributed by atoms with Crippen LogP contribution in [0.25, 0.3) is 0 Å². The number of halogens is 1. The Labute approximate surface area is 128 Å². The van der Waals surface area contributed by atoms with Crippen LogP contribution in [0.15, 0.2) is 28.7 Å². The van der Waals surface area contributed by atoms with Crippen molar-refractivity contribution in [3.05, 3.63) is 34.3 Å². The summed E-state index contributed by atoms with van der Waals surface area (Å²) in [5.74, 6) is 0. The summed E-state index contributed by atoms with van der Waals surface area (Å²) in [4.78, 5) is 0. The summed E-state index contributed by atoms with van der Waals surface area (Å²) in [7, 11) is -1.08. The van der Waals surface area contributed by atoms with Gasteiger partial charge in [-0.05, 0) is 51.8 Å².